The molecule has 4 rings (SSSR count). The van der Waals surface area contributed by atoms with Gasteiger partial charge in [0.1, 0.15) is 24.9 Å². The summed E-state index contributed by atoms with van der Waals surface area (Å²) in [6.45, 7) is 2.53. The molecule has 1 aliphatic heterocycles. The Hall–Kier alpha value is -4.50. The van der Waals surface area contributed by atoms with Gasteiger partial charge in [-0.1, -0.05) is 54.6 Å². The summed E-state index contributed by atoms with van der Waals surface area (Å²) < 4.78 is 28.5. The normalized spacial score (nSPS) is 20.9. The molecule has 0 spiro atoms. The van der Waals surface area contributed by atoms with Gasteiger partial charge in [0.25, 0.3) is 0 Å². The van der Waals surface area contributed by atoms with Crippen LogP contribution in [0.3, 0.4) is 0 Å². The van der Waals surface area contributed by atoms with Crippen molar-refractivity contribution in [2.45, 2.75) is 44.4 Å². The van der Waals surface area contributed by atoms with Crippen LogP contribution in [0.1, 0.15) is 44.9 Å². The number of esters is 4. The fourth-order valence-electron chi connectivity index (χ4n) is 4.15. The lowest BCUT2D eigenvalue weighted by molar-refractivity contribution is -0.147. The van der Waals surface area contributed by atoms with E-state index in [1.165, 1.54) is 6.92 Å². The van der Waals surface area contributed by atoms with Crippen LogP contribution in [0.2, 0.25) is 0 Å². The highest BCUT2D eigenvalue weighted by Gasteiger charge is 2.53. The molecule has 1 fully saturated rings. The van der Waals surface area contributed by atoms with Crippen LogP contribution < -0.4 is 0 Å². The van der Waals surface area contributed by atoms with Crippen molar-refractivity contribution in [2.24, 2.45) is 0 Å². The molecule has 3 aromatic rings. The molecule has 5 atom stereocenters. The molecule has 9 nitrogen and oxygen atoms in total. The van der Waals surface area contributed by atoms with Crippen molar-refractivity contribution >= 4 is 23.9 Å². The summed E-state index contributed by atoms with van der Waals surface area (Å²) in [5, 5.41) is 0. The van der Waals surface area contributed by atoms with Crippen molar-refractivity contribution in [1.82, 2.24) is 0 Å². The molecule has 0 N–H and O–H groups in total. The molecule has 0 amide bonds. The zero-order valence-corrected chi connectivity index (χ0v) is 21.4. The number of hydrogen-bond acceptors (Lipinski definition) is 9. The molecular formula is C30H28O9. The molecule has 3 aromatic carbocycles. The second-order valence-electron chi connectivity index (χ2n) is 8.89. The summed E-state index contributed by atoms with van der Waals surface area (Å²) >= 11 is 0. The topological polar surface area (TPSA) is 114 Å². The van der Waals surface area contributed by atoms with E-state index >= 15 is 0 Å². The fraction of sp³-hybridized carbons (Fsp3) is 0.267. The second-order valence-corrected chi connectivity index (χ2v) is 8.89. The van der Waals surface area contributed by atoms with E-state index in [9.17, 15) is 19.2 Å². The molecule has 202 valence electrons. The van der Waals surface area contributed by atoms with Crippen molar-refractivity contribution in [2.75, 3.05) is 6.61 Å². The highest BCUT2D eigenvalue weighted by Crippen LogP contribution is 2.32. The zero-order chi connectivity index (χ0) is 27.8. The van der Waals surface area contributed by atoms with Crippen LogP contribution in [0.4, 0.5) is 0 Å². The predicted octanol–water partition coefficient (Wildman–Crippen LogP) is 4.01. The quantitative estimate of drug-likeness (QED) is 0.298. The van der Waals surface area contributed by atoms with Gasteiger partial charge in [0.05, 0.1) is 16.7 Å². The Morgan fingerprint density at radius 2 is 1.13 bits per heavy atom. The van der Waals surface area contributed by atoms with E-state index in [1.807, 2.05) is 0 Å². The SMILES string of the molecule is CC(=O)OC[C@@H]1O[C@H](C(C)OC(=O)c2ccccc2)[C@@H](OC(=O)c2ccccc2)[C@H]1OC(=O)c1ccccc1. The Bertz CT molecular complexity index is 1280. The second kappa shape index (κ2) is 12.8. The van der Waals surface area contributed by atoms with Gasteiger partial charge in [-0.2, -0.15) is 0 Å². The first-order valence-corrected chi connectivity index (χ1v) is 12.4. The number of carbonyl (C=O) groups is 4. The average molecular weight is 533 g/mol. The number of carbonyl (C=O) groups excluding carboxylic acids is 4. The van der Waals surface area contributed by atoms with Gasteiger partial charge < -0.3 is 23.7 Å². The van der Waals surface area contributed by atoms with E-state index in [0.29, 0.717) is 5.56 Å². The molecule has 0 aromatic heterocycles. The van der Waals surface area contributed by atoms with Gasteiger partial charge in [-0.3, -0.25) is 4.79 Å². The monoisotopic (exact) mass is 532 g/mol. The lowest BCUT2D eigenvalue weighted by atomic mass is 10.0. The summed E-state index contributed by atoms with van der Waals surface area (Å²) in [6, 6.07) is 24.9. The molecule has 1 heterocycles. The molecule has 1 aliphatic rings. The lowest BCUT2D eigenvalue weighted by Crippen LogP contribution is -2.45. The van der Waals surface area contributed by atoms with Crippen molar-refractivity contribution in [3.8, 4) is 0 Å². The molecule has 0 bridgehead atoms. The number of rotatable bonds is 9. The van der Waals surface area contributed by atoms with Crippen LogP contribution in [0.5, 0.6) is 0 Å². The highest BCUT2D eigenvalue weighted by atomic mass is 16.7. The van der Waals surface area contributed by atoms with Crippen molar-refractivity contribution in [1.29, 1.82) is 0 Å². The van der Waals surface area contributed by atoms with Gasteiger partial charge in [0.2, 0.25) is 0 Å². The van der Waals surface area contributed by atoms with Crippen LogP contribution >= 0.6 is 0 Å². The maximum atomic E-state index is 13.1. The largest absolute Gasteiger partial charge is 0.463 e. The molecule has 1 saturated heterocycles. The standard InChI is InChI=1S/C30H28O9/c1-19(36-28(32)21-12-6-3-7-13-21)25-27(39-30(34)23-16-10-5-11-17-23)26(24(37-25)18-35-20(2)31)38-29(33)22-14-8-4-9-15-22/h3-17,19,24-27H,18H2,1-2H3/t19?,24-,25+,26-,27+/m0/s1. The first kappa shape index (κ1) is 27.5. The molecular weight excluding hydrogens is 504 g/mol. The third-order valence-electron chi connectivity index (χ3n) is 6.07. The minimum Gasteiger partial charge on any atom is -0.463 e. The van der Waals surface area contributed by atoms with Gasteiger partial charge in [-0.05, 0) is 43.3 Å². The molecule has 39 heavy (non-hydrogen) atoms. The Morgan fingerprint density at radius 1 is 0.692 bits per heavy atom. The van der Waals surface area contributed by atoms with Crippen molar-refractivity contribution in [3.05, 3.63) is 108 Å². The highest BCUT2D eigenvalue weighted by molar-refractivity contribution is 5.91. The van der Waals surface area contributed by atoms with Gasteiger partial charge in [0, 0.05) is 6.92 Å². The lowest BCUT2D eigenvalue weighted by Gasteiger charge is -2.27. The minimum absolute atomic E-state index is 0.266. The Kier molecular flexibility index (Phi) is 9.06. The summed E-state index contributed by atoms with van der Waals surface area (Å²) in [5.41, 5.74) is 0.856. The summed E-state index contributed by atoms with van der Waals surface area (Å²) in [5.74, 6) is -2.56. The van der Waals surface area contributed by atoms with Gasteiger partial charge in [-0.25, -0.2) is 14.4 Å². The first-order valence-electron chi connectivity index (χ1n) is 12.4. The third kappa shape index (κ3) is 7.08. The minimum atomic E-state index is -1.19. The number of ether oxygens (including phenoxy) is 5. The average Bonchev–Trinajstić information content (AvgIpc) is 3.29. The molecule has 0 saturated carbocycles. The number of hydrogen-bond donors (Lipinski definition) is 0. The van der Waals surface area contributed by atoms with Crippen LogP contribution in [-0.4, -0.2) is 61.0 Å². The Balaban J connectivity index is 1.63. The maximum absolute atomic E-state index is 13.1. The van der Waals surface area contributed by atoms with Crippen LogP contribution in [0.15, 0.2) is 91.0 Å². The smallest absolute Gasteiger partial charge is 0.338 e. The van der Waals surface area contributed by atoms with Gasteiger partial charge >= 0.3 is 23.9 Å². The molecule has 0 radical (unpaired) electrons. The van der Waals surface area contributed by atoms with E-state index in [2.05, 4.69) is 0 Å². The van der Waals surface area contributed by atoms with Gasteiger partial charge in [0.15, 0.2) is 12.2 Å². The molecule has 0 aliphatic carbocycles. The first-order chi connectivity index (χ1) is 18.8. The van der Waals surface area contributed by atoms with E-state index in [-0.39, 0.29) is 17.7 Å². The van der Waals surface area contributed by atoms with E-state index in [0.717, 1.165) is 0 Å². The predicted molar refractivity (Wildman–Crippen MR) is 138 cm³/mol. The molecule has 9 heteroatoms. The summed E-state index contributed by atoms with van der Waals surface area (Å²) in [6.07, 6.45) is -5.35. The third-order valence-corrected chi connectivity index (χ3v) is 6.07. The van der Waals surface area contributed by atoms with Gasteiger partial charge in [-0.15, -0.1) is 0 Å². The number of benzene rings is 3. The van der Waals surface area contributed by atoms with Crippen molar-refractivity contribution < 1.29 is 42.9 Å². The Morgan fingerprint density at radius 3 is 1.59 bits per heavy atom. The summed E-state index contributed by atoms with van der Waals surface area (Å²) in [4.78, 5) is 50.4. The Labute approximate surface area is 225 Å². The fourth-order valence-corrected chi connectivity index (χ4v) is 4.15. The molecule has 1 unspecified atom stereocenters. The van der Waals surface area contributed by atoms with E-state index in [4.69, 9.17) is 23.7 Å². The van der Waals surface area contributed by atoms with Crippen LogP contribution in [-0.2, 0) is 28.5 Å². The van der Waals surface area contributed by atoms with E-state index in [1.54, 1.807) is 97.9 Å². The maximum Gasteiger partial charge on any atom is 0.338 e. The van der Waals surface area contributed by atoms with E-state index < -0.39 is 54.4 Å². The summed E-state index contributed by atoms with van der Waals surface area (Å²) in [7, 11) is 0. The van der Waals surface area contributed by atoms with Crippen LogP contribution in [0, 0.1) is 0 Å². The van der Waals surface area contributed by atoms with Crippen LogP contribution in [0.25, 0.3) is 0 Å². The zero-order valence-electron chi connectivity index (χ0n) is 21.4. The van der Waals surface area contributed by atoms with Crippen molar-refractivity contribution in [3.63, 3.8) is 0 Å².